The molecule has 0 aliphatic carbocycles. The summed E-state index contributed by atoms with van der Waals surface area (Å²) in [6.07, 6.45) is 0.689. The first-order chi connectivity index (χ1) is 7.90. The van der Waals surface area contributed by atoms with Crippen molar-refractivity contribution < 1.29 is 14.3 Å². The van der Waals surface area contributed by atoms with Crippen molar-refractivity contribution in [1.29, 1.82) is 0 Å². The Morgan fingerprint density at radius 3 is 3.19 bits per heavy atom. The highest BCUT2D eigenvalue weighted by Crippen LogP contribution is 2.42. The summed E-state index contributed by atoms with van der Waals surface area (Å²) in [6, 6.07) is 5.52. The van der Waals surface area contributed by atoms with Crippen LogP contribution in [0.4, 0.5) is 0 Å². The van der Waals surface area contributed by atoms with Crippen molar-refractivity contribution in [2.45, 2.75) is 0 Å². The van der Waals surface area contributed by atoms with Crippen LogP contribution in [0.15, 0.2) is 18.2 Å². The van der Waals surface area contributed by atoms with Crippen LogP contribution in [0.2, 0.25) is 0 Å². The van der Waals surface area contributed by atoms with Crippen LogP contribution in [-0.2, 0) is 0 Å². The van der Waals surface area contributed by atoms with Gasteiger partial charge in [-0.05, 0) is 23.7 Å². The fourth-order valence-corrected chi connectivity index (χ4v) is 2.22. The number of ether oxygens (including phenoxy) is 2. The van der Waals surface area contributed by atoms with Gasteiger partial charge in [-0.2, -0.15) is 0 Å². The van der Waals surface area contributed by atoms with E-state index in [1.807, 2.05) is 18.2 Å². The van der Waals surface area contributed by atoms with E-state index in [2.05, 4.69) is 9.59 Å². The zero-order chi connectivity index (χ0) is 11.0. The third-order valence-corrected chi connectivity index (χ3v) is 3.04. The number of carbonyl (C=O) groups excluding carboxylic acids is 1. The average molecular weight is 234 g/mol. The van der Waals surface area contributed by atoms with Crippen LogP contribution in [0.3, 0.4) is 0 Å². The summed E-state index contributed by atoms with van der Waals surface area (Å²) < 4.78 is 14.4. The lowest BCUT2D eigenvalue weighted by atomic mass is 10.1. The first-order valence-electron chi connectivity index (χ1n) is 4.56. The Morgan fingerprint density at radius 2 is 2.31 bits per heavy atom. The molecule has 0 bridgehead atoms. The van der Waals surface area contributed by atoms with Gasteiger partial charge in [0, 0.05) is 5.56 Å². The van der Waals surface area contributed by atoms with Gasteiger partial charge in [-0.25, -0.2) is 0 Å². The molecule has 6 heteroatoms. The Bertz CT molecular complexity index is 553. The first kappa shape index (κ1) is 9.29. The average Bonchev–Trinajstić information content (AvgIpc) is 2.96. The highest BCUT2D eigenvalue weighted by molar-refractivity contribution is 7.09. The molecule has 1 aliphatic rings. The Morgan fingerprint density at radius 1 is 1.38 bits per heavy atom. The zero-order valence-corrected chi connectivity index (χ0v) is 8.86. The molecule has 80 valence electrons. The lowest BCUT2D eigenvalue weighted by molar-refractivity contribution is 0.111. The smallest absolute Gasteiger partial charge is 0.231 e. The van der Waals surface area contributed by atoms with Crippen molar-refractivity contribution in [2.75, 3.05) is 6.79 Å². The molecule has 0 fully saturated rings. The Hall–Kier alpha value is -1.95. The van der Waals surface area contributed by atoms with E-state index >= 15 is 0 Å². The van der Waals surface area contributed by atoms with E-state index in [1.54, 1.807) is 0 Å². The highest BCUT2D eigenvalue weighted by atomic mass is 32.1. The molecule has 2 aromatic rings. The normalized spacial score (nSPS) is 12.8. The van der Waals surface area contributed by atoms with Crippen molar-refractivity contribution in [3.05, 3.63) is 23.9 Å². The maximum absolute atomic E-state index is 10.8. The van der Waals surface area contributed by atoms with E-state index in [9.17, 15) is 4.79 Å². The zero-order valence-electron chi connectivity index (χ0n) is 8.04. The third-order valence-electron chi connectivity index (χ3n) is 2.27. The minimum Gasteiger partial charge on any atom is -0.454 e. The van der Waals surface area contributed by atoms with Gasteiger partial charge in [0.1, 0.15) is 5.69 Å². The highest BCUT2D eigenvalue weighted by Gasteiger charge is 2.21. The van der Waals surface area contributed by atoms with Crippen LogP contribution in [0, 0.1) is 0 Å². The molecule has 1 aromatic heterocycles. The van der Waals surface area contributed by atoms with E-state index < -0.39 is 0 Å². The van der Waals surface area contributed by atoms with Crippen LogP contribution in [0.1, 0.15) is 10.5 Å². The van der Waals surface area contributed by atoms with Gasteiger partial charge in [0.25, 0.3) is 0 Å². The molecule has 0 saturated heterocycles. The second-order valence-corrected chi connectivity index (χ2v) is 3.90. The van der Waals surface area contributed by atoms with Crippen molar-refractivity contribution in [2.24, 2.45) is 0 Å². The molecule has 5 nitrogen and oxygen atoms in total. The van der Waals surface area contributed by atoms with Crippen LogP contribution < -0.4 is 9.47 Å². The molecular weight excluding hydrogens is 228 g/mol. The van der Waals surface area contributed by atoms with E-state index in [1.165, 1.54) is 11.5 Å². The number of nitrogens with zero attached hydrogens (tertiary/aromatic N) is 2. The molecule has 0 N–H and O–H groups in total. The number of aldehydes is 1. The summed E-state index contributed by atoms with van der Waals surface area (Å²) in [5.74, 6) is 1.33. The quantitative estimate of drug-likeness (QED) is 0.741. The van der Waals surface area contributed by atoms with Gasteiger partial charge in [-0.15, -0.1) is 5.10 Å². The molecule has 3 rings (SSSR count). The summed E-state index contributed by atoms with van der Waals surface area (Å²) >= 11 is 1.17. The second-order valence-electron chi connectivity index (χ2n) is 3.14. The van der Waals surface area contributed by atoms with Gasteiger partial charge < -0.3 is 9.47 Å². The van der Waals surface area contributed by atoms with Crippen molar-refractivity contribution in [3.63, 3.8) is 0 Å². The molecule has 2 heterocycles. The number of hydrogen-bond acceptors (Lipinski definition) is 6. The van der Waals surface area contributed by atoms with Crippen molar-refractivity contribution in [3.8, 4) is 21.9 Å². The topological polar surface area (TPSA) is 61.3 Å². The Balaban J connectivity index is 2.20. The first-order valence-corrected chi connectivity index (χ1v) is 5.34. The monoisotopic (exact) mass is 234 g/mol. The maximum Gasteiger partial charge on any atom is 0.231 e. The fraction of sp³-hybridized carbons (Fsp3) is 0.100. The second kappa shape index (κ2) is 3.57. The number of fused-ring (bicyclic) bond motifs is 1. The molecular formula is C10H6N2O3S. The van der Waals surface area contributed by atoms with Gasteiger partial charge in [0.2, 0.25) is 6.79 Å². The number of rotatable bonds is 2. The molecule has 0 radical (unpaired) electrons. The van der Waals surface area contributed by atoms with Gasteiger partial charge in [0.15, 0.2) is 17.8 Å². The predicted molar refractivity (Wildman–Crippen MR) is 56.9 cm³/mol. The minimum absolute atomic E-state index is 0.203. The van der Waals surface area contributed by atoms with Crippen LogP contribution in [0.25, 0.3) is 10.4 Å². The molecule has 16 heavy (non-hydrogen) atoms. The minimum atomic E-state index is 0.203. The standard InChI is InChI=1S/C10H6N2O3S/c13-4-7-10(16-12-11-7)6-2-1-3-8-9(6)15-5-14-8/h1-4H,5H2. The molecule has 0 unspecified atom stereocenters. The largest absolute Gasteiger partial charge is 0.454 e. The fourth-order valence-electron chi connectivity index (χ4n) is 1.57. The summed E-state index contributed by atoms with van der Waals surface area (Å²) in [6.45, 7) is 0.203. The van der Waals surface area contributed by atoms with Crippen LogP contribution in [0.5, 0.6) is 11.5 Å². The van der Waals surface area contributed by atoms with Crippen LogP contribution in [-0.4, -0.2) is 22.7 Å². The maximum atomic E-state index is 10.8. The van der Waals surface area contributed by atoms with E-state index in [0.717, 1.165) is 5.56 Å². The molecule has 0 spiro atoms. The van der Waals surface area contributed by atoms with E-state index in [4.69, 9.17) is 9.47 Å². The third kappa shape index (κ3) is 1.27. The lowest BCUT2D eigenvalue weighted by Crippen LogP contribution is -1.93. The van der Waals surface area contributed by atoms with Gasteiger partial charge >= 0.3 is 0 Å². The lowest BCUT2D eigenvalue weighted by Gasteiger charge is -2.02. The Labute approximate surface area is 94.8 Å². The van der Waals surface area contributed by atoms with Crippen molar-refractivity contribution in [1.82, 2.24) is 9.59 Å². The molecule has 0 amide bonds. The Kier molecular flexibility index (Phi) is 2.07. The van der Waals surface area contributed by atoms with Gasteiger partial charge in [-0.1, -0.05) is 10.6 Å². The summed E-state index contributed by atoms with van der Waals surface area (Å²) in [5.41, 5.74) is 1.13. The van der Waals surface area contributed by atoms with Gasteiger partial charge in [0.05, 0.1) is 4.88 Å². The number of aromatic nitrogens is 2. The van der Waals surface area contributed by atoms with Crippen LogP contribution >= 0.6 is 11.5 Å². The predicted octanol–water partition coefficient (Wildman–Crippen LogP) is 1.75. The molecule has 0 saturated carbocycles. The SMILES string of the molecule is O=Cc1nnsc1-c1cccc2c1OCO2. The number of benzene rings is 1. The molecule has 1 aliphatic heterocycles. The molecule has 1 aromatic carbocycles. The summed E-state index contributed by atoms with van der Waals surface area (Å²) in [4.78, 5) is 11.5. The van der Waals surface area contributed by atoms with E-state index in [0.29, 0.717) is 28.4 Å². The number of hydrogen-bond donors (Lipinski definition) is 0. The summed E-state index contributed by atoms with van der Waals surface area (Å²) in [7, 11) is 0. The van der Waals surface area contributed by atoms with E-state index in [-0.39, 0.29) is 6.79 Å². The molecule has 0 atom stereocenters. The number of carbonyl (C=O) groups is 1. The van der Waals surface area contributed by atoms with Gasteiger partial charge in [-0.3, -0.25) is 4.79 Å². The van der Waals surface area contributed by atoms with Crippen molar-refractivity contribution >= 4 is 17.8 Å². The number of para-hydroxylation sites is 1. The summed E-state index contributed by atoms with van der Waals surface area (Å²) in [5, 5.41) is 3.74.